The van der Waals surface area contributed by atoms with Crippen molar-refractivity contribution in [3.63, 3.8) is 0 Å². The van der Waals surface area contributed by atoms with Gasteiger partial charge in [-0.15, -0.1) is 0 Å². The van der Waals surface area contributed by atoms with E-state index in [-0.39, 0.29) is 65.6 Å². The molecule has 28 heteroatoms. The van der Waals surface area contributed by atoms with E-state index in [4.69, 9.17) is 42.6 Å². The van der Waals surface area contributed by atoms with Gasteiger partial charge in [0, 0.05) is 50.6 Å². The topological polar surface area (TPSA) is 338 Å². The summed E-state index contributed by atoms with van der Waals surface area (Å²) < 4.78 is 50.4. The maximum Gasteiger partial charge on any atom is 0.424 e. The van der Waals surface area contributed by atoms with Crippen molar-refractivity contribution in [2.75, 3.05) is 59.7 Å². The van der Waals surface area contributed by atoms with Crippen molar-refractivity contribution in [2.45, 2.75) is 419 Å². The van der Waals surface area contributed by atoms with Crippen molar-refractivity contribution in [1.29, 1.82) is 0 Å². The molecular formula is C111H173N7O21. The lowest BCUT2D eigenvalue weighted by Gasteiger charge is -2.55. The standard InChI is InChI=1S/C26H39NO4.C17H21NO2.C16H23NO4.C16H23NO2.C15H27NO3.C11H21NO3.C10H19NO3/c1-25(2,20-14-8-5-9-15-20)30-23(28)27(22-18-12-7-13-19-22)24(29)31-26(3,4)21-16-10-6-11-17-21;19-16(18-15-4-2-1-3-5-15)20-17-9-12-6-13(10-17)8-14(7-12)11-17;1-15(2,3)20-13(18)17(12-10-8-7-9-11-12)14(19)21-16(4,5)6;1-16(2,13-9-5-3-6-10-13)19-15(18)17-14-11-7-4-8-12-14;1-15(2,12-6-4-3-5-7-12)19-14(18)16-10-8-13(17)9-11-16;1-4-11(2,3)15-10(14)12-7-5-9(13)6-8-12;1-10(2,3)14-9(13)11-6-4-8(12)5-7-11/h7,12-13,18-21H,5-6,8-11,14-17H2,1-4H3;1-5,12-14H,6-11H2,(H,18,19);7-11H,1-6H3;4,7-8,11-13H,3,5-6,9-10H2,1-2H3,(H,17,18);12-13,17H,3-11H2,1-2H3;9,13H,4-8H2,1-3H3;8,12H,4-7H2,1-3H3. The Bertz CT molecular complexity index is 4280. The molecule has 28 nitrogen and oxygen atoms in total. The Morgan fingerprint density at radius 2 is 0.568 bits per heavy atom. The van der Waals surface area contributed by atoms with Crippen molar-refractivity contribution in [3.8, 4) is 0 Å². The molecule has 0 aromatic heterocycles. The summed E-state index contributed by atoms with van der Waals surface area (Å²) in [6.45, 7) is 41.4. The third kappa shape index (κ3) is 39.8. The van der Waals surface area contributed by atoms with Crippen LogP contribution in [0.4, 0.5) is 65.9 Å². The summed E-state index contributed by atoms with van der Waals surface area (Å²) in [7, 11) is 0. The number of imide groups is 2. The lowest BCUT2D eigenvalue weighted by atomic mass is 9.54. The number of rotatable bonds is 15. The van der Waals surface area contributed by atoms with Crippen LogP contribution >= 0.6 is 0 Å². The van der Waals surface area contributed by atoms with Crippen LogP contribution in [-0.2, 0) is 42.6 Å². The monoisotopic (exact) mass is 1940 g/mol. The van der Waals surface area contributed by atoms with Crippen molar-refractivity contribution in [1.82, 2.24) is 14.7 Å². The van der Waals surface area contributed by atoms with Crippen LogP contribution in [0.3, 0.4) is 0 Å². The summed E-state index contributed by atoms with van der Waals surface area (Å²) in [6, 6.07) is 36.5. The number of benzene rings is 4. The van der Waals surface area contributed by atoms with Gasteiger partial charge in [-0.3, -0.25) is 10.6 Å². The third-order valence-corrected chi connectivity index (χ3v) is 28.4. The fourth-order valence-electron chi connectivity index (χ4n) is 20.5. The second-order valence-electron chi connectivity index (χ2n) is 45.6. The Labute approximate surface area is 830 Å². The highest BCUT2D eigenvalue weighted by Crippen LogP contribution is 2.57. The van der Waals surface area contributed by atoms with Crippen LogP contribution in [0.15, 0.2) is 121 Å². The summed E-state index contributed by atoms with van der Waals surface area (Å²) in [5, 5.41) is 33.7. The number of likely N-dealkylation sites (tertiary alicyclic amines) is 3. The minimum Gasteiger partial charge on any atom is -0.444 e. The molecule has 5 N–H and O–H groups in total. The van der Waals surface area contributed by atoms with Gasteiger partial charge in [0.1, 0.15) is 50.4 Å². The van der Waals surface area contributed by atoms with Gasteiger partial charge in [-0.2, -0.15) is 9.80 Å². The Morgan fingerprint density at radius 1 is 0.317 bits per heavy atom. The van der Waals surface area contributed by atoms with Crippen molar-refractivity contribution < 1.29 is 101 Å². The Kier molecular flexibility index (Phi) is 43.9. The molecule has 778 valence electrons. The average molecular weight is 1940 g/mol. The molecule has 3 saturated heterocycles. The van der Waals surface area contributed by atoms with Gasteiger partial charge in [0.05, 0.1) is 29.7 Å². The van der Waals surface area contributed by atoms with Gasteiger partial charge in [0.15, 0.2) is 0 Å². The predicted octanol–water partition coefficient (Wildman–Crippen LogP) is 26.7. The zero-order valence-electron chi connectivity index (χ0n) is 87.8. The van der Waals surface area contributed by atoms with Gasteiger partial charge in [0.2, 0.25) is 0 Å². The molecule has 0 spiro atoms. The van der Waals surface area contributed by atoms with E-state index in [0.717, 1.165) is 129 Å². The number of ether oxygens (including phenoxy) is 9. The van der Waals surface area contributed by atoms with Crippen molar-refractivity contribution in [2.24, 2.45) is 41.4 Å². The smallest absolute Gasteiger partial charge is 0.424 e. The van der Waals surface area contributed by atoms with Crippen LogP contribution < -0.4 is 20.4 Å². The predicted molar refractivity (Wildman–Crippen MR) is 544 cm³/mol. The Hall–Kier alpha value is -9.41. The first-order valence-electron chi connectivity index (χ1n) is 52.0. The van der Waals surface area contributed by atoms with Gasteiger partial charge in [-0.25, -0.2) is 43.2 Å². The minimum absolute atomic E-state index is 0.159. The van der Waals surface area contributed by atoms with Crippen LogP contribution in [0.25, 0.3) is 0 Å². The quantitative estimate of drug-likeness (QED) is 0.0690. The minimum atomic E-state index is -0.761. The van der Waals surface area contributed by atoms with Crippen LogP contribution in [0.2, 0.25) is 0 Å². The number of hydrogen-bond donors (Lipinski definition) is 5. The summed E-state index contributed by atoms with van der Waals surface area (Å²) in [5.41, 5.74) is -1.97. The first kappa shape index (κ1) is 115. The Morgan fingerprint density at radius 3 is 0.856 bits per heavy atom. The molecule has 139 heavy (non-hydrogen) atoms. The van der Waals surface area contributed by atoms with Crippen LogP contribution in [0.1, 0.15) is 350 Å². The third-order valence-electron chi connectivity index (χ3n) is 28.4. The Balaban J connectivity index is 0.000000202. The summed E-state index contributed by atoms with van der Waals surface area (Å²) in [4.78, 5) is 118. The van der Waals surface area contributed by atoms with Gasteiger partial charge < -0.3 is 72.7 Å². The van der Waals surface area contributed by atoms with Crippen LogP contribution in [0.5, 0.6) is 0 Å². The summed E-state index contributed by atoms with van der Waals surface area (Å²) in [6.07, 6.45) is 30.7. The molecule has 3 heterocycles. The fourth-order valence-corrected chi connectivity index (χ4v) is 20.5. The van der Waals surface area contributed by atoms with Gasteiger partial charge in [-0.05, 0) is 356 Å². The highest BCUT2D eigenvalue weighted by molar-refractivity contribution is 6.10. The molecule has 11 aliphatic rings. The molecule has 4 aromatic carbocycles. The molecule has 9 amide bonds. The maximum absolute atomic E-state index is 13.3. The van der Waals surface area contributed by atoms with E-state index in [1.165, 1.54) is 83.5 Å². The molecule has 0 radical (unpaired) electrons. The number of anilines is 4. The molecule has 8 saturated carbocycles. The zero-order valence-corrected chi connectivity index (χ0v) is 87.8. The van der Waals surface area contributed by atoms with E-state index in [1.807, 2.05) is 164 Å². The number of nitrogens with zero attached hydrogens (tertiary/aromatic N) is 5. The van der Waals surface area contributed by atoms with Crippen molar-refractivity contribution in [3.05, 3.63) is 121 Å². The lowest BCUT2D eigenvalue weighted by molar-refractivity contribution is -0.124. The molecule has 0 atom stereocenters. The molecule has 4 bridgehead atoms. The van der Waals surface area contributed by atoms with E-state index in [9.17, 15) is 58.5 Å². The number of aliphatic hydroxyl groups is 3. The molecule has 0 unspecified atom stereocenters. The number of carbonyl (C=O) groups excluding carboxylic acids is 9. The van der Waals surface area contributed by atoms with E-state index >= 15 is 0 Å². The number of amides is 9. The van der Waals surface area contributed by atoms with Crippen LogP contribution in [-0.4, -0.2) is 193 Å². The zero-order chi connectivity index (χ0) is 102. The molecular weight excluding hydrogens is 1770 g/mol. The van der Waals surface area contributed by atoms with E-state index in [2.05, 4.69) is 10.6 Å². The molecule has 11 fully saturated rings. The molecule has 4 aromatic rings. The fraction of sp³-hybridized carbons (Fsp3) is 0.703. The highest BCUT2D eigenvalue weighted by atomic mass is 16.6. The van der Waals surface area contributed by atoms with Gasteiger partial charge in [-0.1, -0.05) is 157 Å². The van der Waals surface area contributed by atoms with E-state index < -0.39 is 58.0 Å². The first-order chi connectivity index (χ1) is 65.3. The highest BCUT2D eigenvalue weighted by Gasteiger charge is 2.54. The number of nitrogens with one attached hydrogen (secondary N) is 2. The molecule has 3 aliphatic heterocycles. The first-order valence-corrected chi connectivity index (χ1v) is 52.0. The normalized spacial score (nSPS) is 21.0. The number of hydrogen-bond acceptors (Lipinski definition) is 21. The maximum atomic E-state index is 13.3. The average Bonchev–Trinajstić information content (AvgIpc) is 0.746. The van der Waals surface area contributed by atoms with Crippen molar-refractivity contribution >= 4 is 77.6 Å². The molecule has 15 rings (SSSR count). The van der Waals surface area contributed by atoms with Gasteiger partial charge >= 0.3 is 54.8 Å². The second kappa shape index (κ2) is 53.1. The van der Waals surface area contributed by atoms with E-state index in [1.54, 1.807) is 111 Å². The molecule has 8 aliphatic carbocycles. The number of carbonyl (C=O) groups is 9. The van der Waals surface area contributed by atoms with E-state index in [0.29, 0.717) is 113 Å². The number of piperidine rings is 3. The second-order valence-corrected chi connectivity index (χ2v) is 45.6. The number of aliphatic hydroxyl groups excluding tert-OH is 3. The largest absolute Gasteiger partial charge is 0.444 e. The SMILES string of the molecule is CC(C)(C)OC(=O)N(C(=O)OC(C)(C)C)c1ccccc1.CC(C)(C)OC(=O)N1CCC(O)CC1.CC(C)(OC(=O)N(C(=O)OC(C)(C)C1CCCCC1)c1ccccc1)C1CCCCC1.CC(C)(OC(=O)N1CCC(O)CC1)C1CCCCC1.CC(C)(OC(=O)Nc1ccccc1)C1CCCCC1.CCC(C)(C)OC(=O)N1CCC(O)CC1.O=C(Nc1ccccc1)OC12CC3CC(CC(C3)C1)C2. The summed E-state index contributed by atoms with van der Waals surface area (Å²) >= 11 is 0. The van der Waals surface area contributed by atoms with Crippen LogP contribution in [0, 0.1) is 41.4 Å². The lowest BCUT2D eigenvalue weighted by Crippen LogP contribution is -2.53. The van der Waals surface area contributed by atoms with Gasteiger partial charge in [0.25, 0.3) is 0 Å². The summed E-state index contributed by atoms with van der Waals surface area (Å²) in [5.74, 6) is 3.96. The number of para-hydroxylation sites is 4.